The van der Waals surface area contributed by atoms with Crippen LogP contribution in [0.25, 0.3) is 0 Å². The molecular weight excluding hydrogens is 339 g/mol. The highest BCUT2D eigenvalue weighted by atomic mass is 32.1. The quantitative estimate of drug-likeness (QED) is 0.766. The first-order valence-corrected chi connectivity index (χ1v) is 8.15. The molecule has 118 valence electrons. The summed E-state index contributed by atoms with van der Waals surface area (Å²) in [5, 5.41) is 5.85. The maximum atomic E-state index is 13.1. The normalized spacial score (nSPS) is 10.3. The molecule has 0 radical (unpaired) electrons. The number of rotatable bonds is 4. The van der Waals surface area contributed by atoms with Crippen LogP contribution in [-0.2, 0) is 0 Å². The van der Waals surface area contributed by atoms with Crippen LogP contribution in [0.4, 0.5) is 19.4 Å². The lowest BCUT2D eigenvalue weighted by Crippen LogP contribution is -2.30. The molecule has 23 heavy (non-hydrogen) atoms. The van der Waals surface area contributed by atoms with Crippen molar-refractivity contribution in [2.75, 3.05) is 17.3 Å². The number of aromatic nitrogens is 2. The summed E-state index contributed by atoms with van der Waals surface area (Å²) in [4.78, 5) is 21.6. The Kier molecular flexibility index (Phi) is 4.49. The lowest BCUT2D eigenvalue weighted by atomic mass is 10.3. The third-order valence-electron chi connectivity index (χ3n) is 2.72. The highest BCUT2D eigenvalue weighted by Gasteiger charge is 2.15. The van der Waals surface area contributed by atoms with Crippen molar-refractivity contribution in [1.29, 1.82) is 0 Å². The Morgan fingerprint density at radius 1 is 1.39 bits per heavy atom. The lowest BCUT2D eigenvalue weighted by Gasteiger charge is -2.12. The van der Waals surface area contributed by atoms with E-state index in [0.717, 1.165) is 11.3 Å². The maximum absolute atomic E-state index is 13.1. The van der Waals surface area contributed by atoms with Gasteiger partial charge in [0, 0.05) is 24.7 Å². The molecular formula is C14H11FN4O2S2. The number of ether oxygens (including phenoxy) is 1. The Hall–Kier alpha value is -2.52. The second-order valence-electron chi connectivity index (χ2n) is 4.35. The number of amides is 2. The number of anilines is 2. The van der Waals surface area contributed by atoms with Crippen LogP contribution in [0.1, 0.15) is 0 Å². The van der Waals surface area contributed by atoms with E-state index in [1.165, 1.54) is 34.6 Å². The van der Waals surface area contributed by atoms with E-state index in [4.69, 9.17) is 4.74 Å². The van der Waals surface area contributed by atoms with E-state index >= 15 is 0 Å². The molecule has 6 nitrogen and oxygen atoms in total. The number of carbonyl (C=O) groups is 1. The van der Waals surface area contributed by atoms with Crippen LogP contribution in [0, 0.1) is 5.82 Å². The summed E-state index contributed by atoms with van der Waals surface area (Å²) in [5.74, 6) is -0.0166. The predicted octanol–water partition coefficient (Wildman–Crippen LogP) is 4.20. The van der Waals surface area contributed by atoms with Gasteiger partial charge in [0.05, 0.1) is 6.20 Å². The van der Waals surface area contributed by atoms with Crippen LogP contribution < -0.4 is 15.0 Å². The average molecular weight is 350 g/mol. The summed E-state index contributed by atoms with van der Waals surface area (Å²) in [5.41, 5.74) is 0. The fourth-order valence-electron chi connectivity index (χ4n) is 1.65. The van der Waals surface area contributed by atoms with Gasteiger partial charge in [-0.15, -0.1) is 11.3 Å². The molecule has 0 atom stereocenters. The van der Waals surface area contributed by atoms with E-state index in [-0.39, 0.29) is 11.8 Å². The number of nitrogens with zero attached hydrogens (tertiary/aromatic N) is 3. The molecule has 2 amide bonds. The number of hydrogen-bond donors (Lipinski definition) is 1. The van der Waals surface area contributed by atoms with E-state index < -0.39 is 0 Å². The lowest BCUT2D eigenvalue weighted by molar-refractivity contribution is 0.258. The van der Waals surface area contributed by atoms with Crippen molar-refractivity contribution in [2.45, 2.75) is 0 Å². The molecule has 3 rings (SSSR count). The van der Waals surface area contributed by atoms with Crippen LogP contribution in [-0.4, -0.2) is 23.0 Å². The zero-order valence-corrected chi connectivity index (χ0v) is 13.5. The van der Waals surface area contributed by atoms with Crippen LogP contribution in [0.15, 0.2) is 42.0 Å². The first kappa shape index (κ1) is 15.4. The van der Waals surface area contributed by atoms with E-state index in [9.17, 15) is 9.18 Å². The van der Waals surface area contributed by atoms with Gasteiger partial charge in [0.25, 0.3) is 0 Å². The van der Waals surface area contributed by atoms with Crippen molar-refractivity contribution < 1.29 is 13.9 Å². The summed E-state index contributed by atoms with van der Waals surface area (Å²) in [6, 6.07) is 5.44. The molecule has 0 aliphatic rings. The predicted molar refractivity (Wildman–Crippen MR) is 88.1 cm³/mol. The molecule has 0 aliphatic carbocycles. The van der Waals surface area contributed by atoms with Gasteiger partial charge in [-0.25, -0.2) is 19.2 Å². The Morgan fingerprint density at radius 3 is 3.00 bits per heavy atom. The average Bonchev–Trinajstić information content (AvgIpc) is 3.18. The standard InChI is InChI=1S/C14H11FN4O2S2/c1-19(14-16-5-6-22-14)13(20)18-12-17-8-11(23-12)21-10-4-2-3-9(15)7-10/h2-8H,1H3,(H,17,18,20). The monoisotopic (exact) mass is 350 g/mol. The molecule has 0 saturated carbocycles. The van der Waals surface area contributed by atoms with E-state index in [2.05, 4.69) is 15.3 Å². The molecule has 2 aromatic heterocycles. The molecule has 0 unspecified atom stereocenters. The fourth-order valence-corrected chi connectivity index (χ4v) is 2.94. The fraction of sp³-hybridized carbons (Fsp3) is 0.0714. The van der Waals surface area contributed by atoms with Crippen LogP contribution >= 0.6 is 22.7 Å². The molecule has 3 aromatic rings. The summed E-state index contributed by atoms with van der Waals surface area (Å²) >= 11 is 2.50. The number of urea groups is 1. The second-order valence-corrected chi connectivity index (χ2v) is 6.21. The van der Waals surface area contributed by atoms with Crippen molar-refractivity contribution in [3.8, 4) is 10.8 Å². The Balaban J connectivity index is 1.64. The van der Waals surface area contributed by atoms with Gasteiger partial charge in [-0.05, 0) is 12.1 Å². The van der Waals surface area contributed by atoms with Gasteiger partial charge in [-0.1, -0.05) is 17.4 Å². The van der Waals surface area contributed by atoms with Crippen LogP contribution in [0.5, 0.6) is 10.8 Å². The van der Waals surface area contributed by atoms with Crippen LogP contribution in [0.3, 0.4) is 0 Å². The van der Waals surface area contributed by atoms with Gasteiger partial charge in [-0.3, -0.25) is 10.2 Å². The molecule has 0 bridgehead atoms. The number of benzene rings is 1. The van der Waals surface area contributed by atoms with E-state index in [1.54, 1.807) is 30.8 Å². The second kappa shape index (κ2) is 6.71. The highest BCUT2D eigenvalue weighted by molar-refractivity contribution is 7.17. The number of thiazole rings is 2. The summed E-state index contributed by atoms with van der Waals surface area (Å²) in [6.07, 6.45) is 3.09. The molecule has 1 N–H and O–H groups in total. The molecule has 0 aliphatic heterocycles. The number of halogens is 1. The SMILES string of the molecule is CN(C(=O)Nc1ncc(Oc2cccc(F)c2)s1)c1nccs1. The Morgan fingerprint density at radius 2 is 2.26 bits per heavy atom. The summed E-state index contributed by atoms with van der Waals surface area (Å²) in [6.45, 7) is 0. The third-order valence-corrected chi connectivity index (χ3v) is 4.36. The molecule has 0 fully saturated rings. The largest absolute Gasteiger partial charge is 0.445 e. The number of nitrogens with one attached hydrogen (secondary N) is 1. The van der Waals surface area contributed by atoms with Gasteiger partial charge in [0.2, 0.25) is 5.06 Å². The molecule has 1 aromatic carbocycles. The molecule has 2 heterocycles. The van der Waals surface area contributed by atoms with Gasteiger partial charge >= 0.3 is 6.03 Å². The number of hydrogen-bond acceptors (Lipinski definition) is 6. The first-order chi connectivity index (χ1) is 11.1. The van der Waals surface area contributed by atoms with Gasteiger partial charge in [0.15, 0.2) is 10.3 Å². The molecule has 0 saturated heterocycles. The van der Waals surface area contributed by atoms with Crippen molar-refractivity contribution in [3.05, 3.63) is 47.9 Å². The molecule has 9 heteroatoms. The first-order valence-electron chi connectivity index (χ1n) is 6.45. The van der Waals surface area contributed by atoms with E-state index in [1.807, 2.05) is 0 Å². The van der Waals surface area contributed by atoms with Crippen LogP contribution in [0.2, 0.25) is 0 Å². The van der Waals surface area contributed by atoms with Gasteiger partial charge in [-0.2, -0.15) is 0 Å². The minimum Gasteiger partial charge on any atom is -0.445 e. The van der Waals surface area contributed by atoms with E-state index in [0.29, 0.717) is 21.1 Å². The topological polar surface area (TPSA) is 67.4 Å². The minimum absolute atomic E-state index is 0.355. The highest BCUT2D eigenvalue weighted by Crippen LogP contribution is 2.30. The van der Waals surface area contributed by atoms with Gasteiger partial charge < -0.3 is 4.74 Å². The third kappa shape index (κ3) is 3.82. The summed E-state index contributed by atoms with van der Waals surface area (Å²) in [7, 11) is 1.62. The smallest absolute Gasteiger partial charge is 0.329 e. The summed E-state index contributed by atoms with van der Waals surface area (Å²) < 4.78 is 18.6. The maximum Gasteiger partial charge on any atom is 0.329 e. The van der Waals surface area contributed by atoms with Crippen molar-refractivity contribution in [1.82, 2.24) is 9.97 Å². The molecule has 0 spiro atoms. The van der Waals surface area contributed by atoms with Crippen molar-refractivity contribution >= 4 is 39.0 Å². The van der Waals surface area contributed by atoms with Crippen molar-refractivity contribution in [2.24, 2.45) is 0 Å². The zero-order chi connectivity index (χ0) is 16.2. The van der Waals surface area contributed by atoms with Gasteiger partial charge in [0.1, 0.15) is 11.6 Å². The minimum atomic E-state index is -0.384. The number of carbonyl (C=O) groups excluding carboxylic acids is 1. The van der Waals surface area contributed by atoms with Crippen molar-refractivity contribution in [3.63, 3.8) is 0 Å². The Labute approximate surface area is 139 Å². The zero-order valence-electron chi connectivity index (χ0n) is 11.9. The Bertz CT molecular complexity index is 807.